The third-order valence-electron chi connectivity index (χ3n) is 3.71. The van der Waals surface area contributed by atoms with Gasteiger partial charge in [0.15, 0.2) is 5.76 Å². The molecule has 1 fully saturated rings. The van der Waals surface area contributed by atoms with Crippen molar-refractivity contribution in [1.29, 1.82) is 0 Å². The molecule has 2 rings (SSSR count). The van der Waals surface area contributed by atoms with E-state index in [2.05, 4.69) is 0 Å². The Hall–Kier alpha value is -1.29. The van der Waals surface area contributed by atoms with Crippen molar-refractivity contribution in [3.05, 3.63) is 23.7 Å². The Morgan fingerprint density at radius 2 is 2.39 bits per heavy atom. The molecule has 0 aliphatic carbocycles. The highest BCUT2D eigenvalue weighted by atomic mass is 16.4. The second-order valence-corrected chi connectivity index (χ2v) is 5.13. The van der Waals surface area contributed by atoms with Gasteiger partial charge in [0, 0.05) is 25.6 Å². The molecule has 2 atom stereocenters. The molecule has 1 aliphatic rings. The molecule has 0 radical (unpaired) electrons. The summed E-state index contributed by atoms with van der Waals surface area (Å²) < 4.78 is 5.52. The van der Waals surface area contributed by atoms with Crippen LogP contribution in [0.5, 0.6) is 0 Å². The van der Waals surface area contributed by atoms with Crippen LogP contribution in [-0.4, -0.2) is 29.9 Å². The molecule has 2 unspecified atom stereocenters. The molecule has 2 heterocycles. The fourth-order valence-electron chi connectivity index (χ4n) is 2.46. The molecular formula is C14H22N2O2. The number of amides is 1. The molecule has 0 saturated carbocycles. The molecule has 1 aromatic rings. The number of aryl methyl sites for hydroxylation is 1. The summed E-state index contributed by atoms with van der Waals surface area (Å²) >= 11 is 0. The first-order chi connectivity index (χ1) is 8.61. The van der Waals surface area contributed by atoms with Crippen LogP contribution in [0.15, 0.2) is 16.5 Å². The average Bonchev–Trinajstić information content (AvgIpc) is 2.86. The lowest BCUT2D eigenvalue weighted by Gasteiger charge is -2.34. The summed E-state index contributed by atoms with van der Waals surface area (Å²) in [6.07, 6.45) is 2.95. The van der Waals surface area contributed by atoms with Crippen molar-refractivity contribution < 1.29 is 9.21 Å². The molecule has 0 bridgehead atoms. The molecular weight excluding hydrogens is 228 g/mol. The summed E-state index contributed by atoms with van der Waals surface area (Å²) in [5, 5.41) is 0. The second-order valence-electron chi connectivity index (χ2n) is 5.13. The minimum atomic E-state index is 0.0000463. The van der Waals surface area contributed by atoms with Crippen molar-refractivity contribution >= 4 is 5.91 Å². The Labute approximate surface area is 108 Å². The standard InChI is InChI=1S/C14H22N2O2/c1-3-12-6-7-13(18-12)14(17)16-8-4-5-11(9-16)10(2)15/h6-7,10-11H,3-5,8-9,15H2,1-2H3. The van der Waals surface area contributed by atoms with Gasteiger partial charge in [-0.2, -0.15) is 0 Å². The lowest BCUT2D eigenvalue weighted by molar-refractivity contribution is 0.0627. The van der Waals surface area contributed by atoms with Crippen molar-refractivity contribution in [3.63, 3.8) is 0 Å². The van der Waals surface area contributed by atoms with E-state index in [4.69, 9.17) is 10.2 Å². The van der Waals surface area contributed by atoms with Gasteiger partial charge in [0.1, 0.15) is 5.76 Å². The maximum atomic E-state index is 12.3. The normalized spacial score (nSPS) is 21.9. The van der Waals surface area contributed by atoms with Gasteiger partial charge in [0.05, 0.1) is 0 Å². The van der Waals surface area contributed by atoms with Gasteiger partial charge in [-0.15, -0.1) is 0 Å². The summed E-state index contributed by atoms with van der Waals surface area (Å²) in [6, 6.07) is 3.79. The van der Waals surface area contributed by atoms with E-state index in [1.54, 1.807) is 6.07 Å². The van der Waals surface area contributed by atoms with Gasteiger partial charge in [0.2, 0.25) is 0 Å². The molecule has 2 N–H and O–H groups in total. The number of hydrogen-bond acceptors (Lipinski definition) is 3. The molecule has 0 aromatic carbocycles. The number of likely N-dealkylation sites (tertiary alicyclic amines) is 1. The number of rotatable bonds is 3. The van der Waals surface area contributed by atoms with Crippen LogP contribution in [-0.2, 0) is 6.42 Å². The first kappa shape index (κ1) is 13.1. The summed E-state index contributed by atoms with van der Waals surface area (Å²) in [4.78, 5) is 14.2. The maximum Gasteiger partial charge on any atom is 0.289 e. The fourth-order valence-corrected chi connectivity index (χ4v) is 2.46. The van der Waals surface area contributed by atoms with Crippen molar-refractivity contribution in [2.75, 3.05) is 13.1 Å². The highest BCUT2D eigenvalue weighted by Gasteiger charge is 2.27. The van der Waals surface area contributed by atoms with E-state index in [0.29, 0.717) is 11.7 Å². The smallest absolute Gasteiger partial charge is 0.289 e. The first-order valence-corrected chi connectivity index (χ1v) is 6.75. The molecule has 1 amide bonds. The van der Waals surface area contributed by atoms with Crippen molar-refractivity contribution in [1.82, 2.24) is 4.90 Å². The molecule has 100 valence electrons. The molecule has 1 aliphatic heterocycles. The van der Waals surface area contributed by atoms with Crippen LogP contribution >= 0.6 is 0 Å². The summed E-state index contributed by atoms with van der Waals surface area (Å²) in [5.41, 5.74) is 5.93. The molecule has 4 heteroatoms. The van der Waals surface area contributed by atoms with Crippen LogP contribution in [0.2, 0.25) is 0 Å². The Kier molecular flexibility index (Phi) is 4.07. The zero-order chi connectivity index (χ0) is 13.1. The van der Waals surface area contributed by atoms with Gasteiger partial charge in [-0.1, -0.05) is 6.92 Å². The molecule has 1 saturated heterocycles. The SMILES string of the molecule is CCc1ccc(C(=O)N2CCCC(C(C)N)C2)o1. The van der Waals surface area contributed by atoms with Gasteiger partial charge in [0.25, 0.3) is 5.91 Å². The van der Waals surface area contributed by atoms with E-state index < -0.39 is 0 Å². The predicted molar refractivity (Wildman–Crippen MR) is 70.4 cm³/mol. The number of hydrogen-bond donors (Lipinski definition) is 1. The first-order valence-electron chi connectivity index (χ1n) is 6.75. The van der Waals surface area contributed by atoms with E-state index in [-0.39, 0.29) is 11.9 Å². The Bertz CT molecular complexity index is 412. The number of carbonyl (C=O) groups is 1. The topological polar surface area (TPSA) is 59.5 Å². The third-order valence-corrected chi connectivity index (χ3v) is 3.71. The van der Waals surface area contributed by atoms with Crippen molar-refractivity contribution in [2.45, 2.75) is 39.2 Å². The third kappa shape index (κ3) is 2.75. The highest BCUT2D eigenvalue weighted by Crippen LogP contribution is 2.21. The number of piperidine rings is 1. The van der Waals surface area contributed by atoms with Crippen LogP contribution in [0.25, 0.3) is 0 Å². The van der Waals surface area contributed by atoms with E-state index in [0.717, 1.165) is 38.1 Å². The van der Waals surface area contributed by atoms with E-state index in [1.165, 1.54) is 0 Å². The Morgan fingerprint density at radius 3 is 3.00 bits per heavy atom. The second kappa shape index (κ2) is 5.57. The van der Waals surface area contributed by atoms with Crippen LogP contribution in [0.4, 0.5) is 0 Å². The summed E-state index contributed by atoms with van der Waals surface area (Å²) in [7, 11) is 0. The molecule has 1 aromatic heterocycles. The lowest BCUT2D eigenvalue weighted by Crippen LogP contribution is -2.44. The average molecular weight is 250 g/mol. The van der Waals surface area contributed by atoms with Gasteiger partial charge < -0.3 is 15.1 Å². The Morgan fingerprint density at radius 1 is 1.61 bits per heavy atom. The van der Waals surface area contributed by atoms with Crippen molar-refractivity contribution in [3.8, 4) is 0 Å². The number of nitrogens with two attached hydrogens (primary N) is 1. The number of carbonyl (C=O) groups excluding carboxylic acids is 1. The van der Waals surface area contributed by atoms with E-state index in [9.17, 15) is 4.79 Å². The van der Waals surface area contributed by atoms with Gasteiger partial charge in [-0.3, -0.25) is 4.79 Å². The van der Waals surface area contributed by atoms with Crippen LogP contribution in [0, 0.1) is 5.92 Å². The van der Waals surface area contributed by atoms with Crippen LogP contribution in [0.3, 0.4) is 0 Å². The zero-order valence-corrected chi connectivity index (χ0v) is 11.2. The summed E-state index contributed by atoms with van der Waals surface area (Å²) in [6.45, 7) is 5.59. The largest absolute Gasteiger partial charge is 0.456 e. The predicted octanol–water partition coefficient (Wildman–Crippen LogP) is 2.04. The summed E-state index contributed by atoms with van der Waals surface area (Å²) in [5.74, 6) is 1.72. The lowest BCUT2D eigenvalue weighted by atomic mass is 9.92. The van der Waals surface area contributed by atoms with Crippen LogP contribution in [0.1, 0.15) is 43.0 Å². The zero-order valence-electron chi connectivity index (χ0n) is 11.2. The monoisotopic (exact) mass is 250 g/mol. The minimum absolute atomic E-state index is 0.0000463. The van der Waals surface area contributed by atoms with Gasteiger partial charge in [-0.05, 0) is 37.8 Å². The minimum Gasteiger partial charge on any atom is -0.456 e. The molecule has 0 spiro atoms. The molecule has 18 heavy (non-hydrogen) atoms. The quantitative estimate of drug-likeness (QED) is 0.893. The van der Waals surface area contributed by atoms with E-state index in [1.807, 2.05) is 24.8 Å². The maximum absolute atomic E-state index is 12.3. The number of nitrogens with zero attached hydrogens (tertiary/aromatic N) is 1. The molecule has 4 nitrogen and oxygen atoms in total. The van der Waals surface area contributed by atoms with E-state index >= 15 is 0 Å². The van der Waals surface area contributed by atoms with Gasteiger partial charge in [-0.25, -0.2) is 0 Å². The number of furan rings is 1. The van der Waals surface area contributed by atoms with Gasteiger partial charge >= 0.3 is 0 Å². The highest BCUT2D eigenvalue weighted by molar-refractivity contribution is 5.91. The fraction of sp³-hybridized carbons (Fsp3) is 0.643. The van der Waals surface area contributed by atoms with Crippen molar-refractivity contribution in [2.24, 2.45) is 11.7 Å². The Balaban J connectivity index is 2.04. The van der Waals surface area contributed by atoms with Crippen LogP contribution < -0.4 is 5.73 Å².